The van der Waals surface area contributed by atoms with Gasteiger partial charge >= 0.3 is 0 Å². The lowest BCUT2D eigenvalue weighted by Gasteiger charge is -2.12. The summed E-state index contributed by atoms with van der Waals surface area (Å²) in [7, 11) is 1.88. The lowest BCUT2D eigenvalue weighted by molar-refractivity contribution is -0.119. The van der Waals surface area contributed by atoms with Crippen LogP contribution in [0.2, 0.25) is 0 Å². The van der Waals surface area contributed by atoms with Crippen molar-refractivity contribution in [3.05, 3.63) is 42.6 Å². The van der Waals surface area contributed by atoms with Crippen molar-refractivity contribution in [3.8, 4) is 11.1 Å². The van der Waals surface area contributed by atoms with E-state index in [1.165, 1.54) is 0 Å². The zero-order valence-corrected chi connectivity index (χ0v) is 14.6. The van der Waals surface area contributed by atoms with Crippen LogP contribution in [0.25, 0.3) is 22.0 Å². The largest absolute Gasteiger partial charge is 0.298 e. The number of aromatic nitrogens is 4. The summed E-state index contributed by atoms with van der Waals surface area (Å²) in [5, 5.41) is 5.12. The molecule has 0 aliphatic carbocycles. The molecule has 2 aromatic heterocycles. The fourth-order valence-electron chi connectivity index (χ4n) is 3.31. The Hall–Kier alpha value is -2.67. The molecule has 0 spiro atoms. The van der Waals surface area contributed by atoms with Gasteiger partial charge in [-0.2, -0.15) is 5.10 Å². The van der Waals surface area contributed by atoms with Crippen LogP contribution in [0.4, 0.5) is 4.39 Å². The fourth-order valence-corrected chi connectivity index (χ4v) is 3.31. The van der Waals surface area contributed by atoms with Gasteiger partial charge in [0.1, 0.15) is 12.0 Å². The van der Waals surface area contributed by atoms with E-state index in [1.54, 1.807) is 17.1 Å². The Bertz CT molecular complexity index is 954. The van der Waals surface area contributed by atoms with Gasteiger partial charge in [-0.25, -0.2) is 14.4 Å². The standard InChI is InChI=1S/C19H20FN5O/c1-24-10-15(9-22-24)13-2-3-14-8-21-19(23-18(14)6-13)7-17(26)12-25-5-4-16(20)11-25/h2-3,6,8-10,16H,4-5,7,11-12H2,1H3/t16-/m1/s1. The quantitative estimate of drug-likeness (QED) is 0.703. The van der Waals surface area contributed by atoms with Crippen LogP contribution < -0.4 is 0 Å². The second-order valence-electron chi connectivity index (χ2n) is 6.80. The molecule has 7 heteroatoms. The van der Waals surface area contributed by atoms with Gasteiger partial charge in [0.05, 0.1) is 24.7 Å². The molecule has 6 nitrogen and oxygen atoms in total. The van der Waals surface area contributed by atoms with Crippen LogP contribution in [0, 0.1) is 0 Å². The first-order chi connectivity index (χ1) is 12.6. The Morgan fingerprint density at radius 2 is 2.19 bits per heavy atom. The molecular weight excluding hydrogens is 333 g/mol. The number of fused-ring (bicyclic) bond motifs is 1. The number of benzene rings is 1. The average Bonchev–Trinajstić information content (AvgIpc) is 3.22. The first kappa shape index (κ1) is 16.8. The molecule has 1 atom stereocenters. The van der Waals surface area contributed by atoms with Crippen LogP contribution >= 0.6 is 0 Å². The molecule has 0 unspecified atom stereocenters. The van der Waals surface area contributed by atoms with Crippen molar-refractivity contribution in [2.24, 2.45) is 7.05 Å². The molecule has 1 aromatic carbocycles. The maximum absolute atomic E-state index is 13.2. The lowest BCUT2D eigenvalue weighted by Crippen LogP contribution is -2.29. The molecule has 0 bridgehead atoms. The first-order valence-corrected chi connectivity index (χ1v) is 8.69. The summed E-state index contributed by atoms with van der Waals surface area (Å²) in [5.74, 6) is 0.517. The number of alkyl halides is 1. The third kappa shape index (κ3) is 3.62. The second kappa shape index (κ2) is 6.92. The van der Waals surface area contributed by atoms with Crippen molar-refractivity contribution in [2.45, 2.75) is 19.0 Å². The van der Waals surface area contributed by atoms with Gasteiger partial charge in [0.15, 0.2) is 5.78 Å². The normalized spacial score (nSPS) is 17.8. The molecule has 0 saturated carbocycles. The minimum Gasteiger partial charge on any atom is -0.298 e. The lowest BCUT2D eigenvalue weighted by atomic mass is 10.1. The summed E-state index contributed by atoms with van der Waals surface area (Å²) >= 11 is 0. The first-order valence-electron chi connectivity index (χ1n) is 8.69. The molecule has 1 aliphatic rings. The van der Waals surface area contributed by atoms with Crippen LogP contribution in [-0.2, 0) is 18.3 Å². The van der Waals surface area contributed by atoms with E-state index < -0.39 is 6.17 Å². The Morgan fingerprint density at radius 1 is 1.31 bits per heavy atom. The molecule has 3 heterocycles. The third-order valence-corrected chi connectivity index (χ3v) is 4.64. The van der Waals surface area contributed by atoms with Crippen molar-refractivity contribution in [3.63, 3.8) is 0 Å². The van der Waals surface area contributed by atoms with Crippen LogP contribution in [0.15, 0.2) is 36.8 Å². The van der Waals surface area contributed by atoms with Crippen LogP contribution in [0.5, 0.6) is 0 Å². The number of likely N-dealkylation sites (tertiary alicyclic amines) is 1. The number of carbonyl (C=O) groups is 1. The molecule has 0 amide bonds. The maximum Gasteiger partial charge on any atom is 0.154 e. The number of Topliss-reactive ketones (excluding diaryl/α,β-unsaturated/α-hetero) is 1. The van der Waals surface area contributed by atoms with Crippen LogP contribution in [0.1, 0.15) is 12.2 Å². The Balaban J connectivity index is 1.51. The number of halogens is 1. The molecule has 1 saturated heterocycles. The predicted molar refractivity (Wildman–Crippen MR) is 96.4 cm³/mol. The van der Waals surface area contributed by atoms with E-state index in [0.717, 1.165) is 22.0 Å². The molecule has 26 heavy (non-hydrogen) atoms. The van der Waals surface area contributed by atoms with E-state index in [4.69, 9.17) is 0 Å². The van der Waals surface area contributed by atoms with E-state index in [9.17, 15) is 9.18 Å². The molecule has 4 rings (SSSR count). The zero-order valence-electron chi connectivity index (χ0n) is 14.6. The molecule has 3 aromatic rings. The Kier molecular flexibility index (Phi) is 4.46. The number of aryl methyl sites for hydroxylation is 1. The predicted octanol–water partition coefficient (Wildman–Crippen LogP) is 2.19. The SMILES string of the molecule is Cn1cc(-c2ccc3cnc(CC(=O)CN4CC[C@@H](F)C4)nc3c2)cn1. The highest BCUT2D eigenvalue weighted by Crippen LogP contribution is 2.22. The Morgan fingerprint density at radius 3 is 2.92 bits per heavy atom. The maximum atomic E-state index is 13.2. The summed E-state index contributed by atoms with van der Waals surface area (Å²) in [4.78, 5) is 23.0. The van der Waals surface area contributed by atoms with Crippen molar-refractivity contribution in [1.82, 2.24) is 24.6 Å². The molecule has 1 fully saturated rings. The minimum atomic E-state index is -0.814. The summed E-state index contributed by atoms with van der Waals surface area (Å²) in [5.41, 5.74) is 2.84. The van der Waals surface area contributed by atoms with Crippen LogP contribution in [-0.4, -0.2) is 56.2 Å². The van der Waals surface area contributed by atoms with E-state index >= 15 is 0 Å². The smallest absolute Gasteiger partial charge is 0.154 e. The topological polar surface area (TPSA) is 63.9 Å². The van der Waals surface area contributed by atoms with Crippen molar-refractivity contribution in [2.75, 3.05) is 19.6 Å². The molecule has 1 aliphatic heterocycles. The highest BCUT2D eigenvalue weighted by Gasteiger charge is 2.23. The van der Waals surface area contributed by atoms with Gasteiger partial charge in [0.2, 0.25) is 0 Å². The average molecular weight is 353 g/mol. The molecular formula is C19H20FN5O. The van der Waals surface area contributed by atoms with Crippen LogP contribution in [0.3, 0.4) is 0 Å². The number of nitrogens with zero attached hydrogens (tertiary/aromatic N) is 5. The van der Waals surface area contributed by atoms with Crippen molar-refractivity contribution >= 4 is 16.7 Å². The Labute approximate surface area is 150 Å². The molecule has 0 N–H and O–H groups in total. The monoisotopic (exact) mass is 353 g/mol. The number of hydrogen-bond donors (Lipinski definition) is 0. The second-order valence-corrected chi connectivity index (χ2v) is 6.80. The van der Waals surface area contributed by atoms with E-state index in [-0.39, 0.29) is 18.7 Å². The van der Waals surface area contributed by atoms with Gasteiger partial charge < -0.3 is 0 Å². The third-order valence-electron chi connectivity index (χ3n) is 4.64. The van der Waals surface area contributed by atoms with Gasteiger partial charge in [-0.3, -0.25) is 14.4 Å². The zero-order chi connectivity index (χ0) is 18.1. The fraction of sp³-hybridized carbons (Fsp3) is 0.368. The number of hydrogen-bond acceptors (Lipinski definition) is 5. The van der Waals surface area contributed by atoms with E-state index in [0.29, 0.717) is 25.3 Å². The molecule has 0 radical (unpaired) electrons. The minimum absolute atomic E-state index is 0.0156. The van der Waals surface area contributed by atoms with Crippen molar-refractivity contribution < 1.29 is 9.18 Å². The number of rotatable bonds is 5. The summed E-state index contributed by atoms with van der Waals surface area (Å²) < 4.78 is 15.0. The van der Waals surface area contributed by atoms with Gasteiger partial charge in [0, 0.05) is 43.5 Å². The summed E-state index contributed by atoms with van der Waals surface area (Å²) in [6.45, 7) is 1.25. The highest BCUT2D eigenvalue weighted by molar-refractivity contribution is 5.85. The van der Waals surface area contributed by atoms with E-state index in [1.807, 2.05) is 36.3 Å². The number of ketones is 1. The van der Waals surface area contributed by atoms with Gasteiger partial charge in [0.25, 0.3) is 0 Å². The van der Waals surface area contributed by atoms with Gasteiger partial charge in [-0.15, -0.1) is 0 Å². The van der Waals surface area contributed by atoms with Crippen molar-refractivity contribution in [1.29, 1.82) is 0 Å². The van der Waals surface area contributed by atoms with E-state index in [2.05, 4.69) is 15.1 Å². The highest BCUT2D eigenvalue weighted by atomic mass is 19.1. The summed E-state index contributed by atoms with van der Waals surface area (Å²) in [6, 6.07) is 5.96. The van der Waals surface area contributed by atoms with Gasteiger partial charge in [-0.1, -0.05) is 12.1 Å². The number of carbonyl (C=O) groups excluding carboxylic acids is 1. The van der Waals surface area contributed by atoms with Gasteiger partial charge in [-0.05, 0) is 18.1 Å². The molecule has 134 valence electrons. The summed E-state index contributed by atoms with van der Waals surface area (Å²) in [6.07, 6.45) is 5.36.